The Hall–Kier alpha value is -3.82. The minimum Gasteiger partial charge on any atom is -0.481 e. The molecular formula is C40H50N2O6. The smallest absolute Gasteiger partial charge is 0.303 e. The summed E-state index contributed by atoms with van der Waals surface area (Å²) in [6, 6.07) is 24.9. The van der Waals surface area contributed by atoms with Crippen LogP contribution in [0.4, 0.5) is 0 Å². The molecule has 0 bridgehead atoms. The summed E-state index contributed by atoms with van der Waals surface area (Å²) in [5.41, 5.74) is 6.02. The number of hydrogen-bond acceptors (Lipinski definition) is 6. The van der Waals surface area contributed by atoms with Crippen LogP contribution in [0.3, 0.4) is 0 Å². The molecule has 3 aromatic carbocycles. The summed E-state index contributed by atoms with van der Waals surface area (Å²) in [6.45, 7) is 6.11. The van der Waals surface area contributed by atoms with Crippen molar-refractivity contribution in [2.45, 2.75) is 102 Å². The van der Waals surface area contributed by atoms with Gasteiger partial charge >= 0.3 is 5.97 Å². The van der Waals surface area contributed by atoms with Crippen molar-refractivity contribution in [3.63, 3.8) is 0 Å². The van der Waals surface area contributed by atoms with Crippen molar-refractivity contribution in [3.05, 3.63) is 108 Å². The largest absolute Gasteiger partial charge is 0.481 e. The minimum absolute atomic E-state index is 0.0100. The highest BCUT2D eigenvalue weighted by molar-refractivity contribution is 5.76. The number of aliphatic carboxylic acids is 1. The molecule has 8 nitrogen and oxygen atoms in total. The van der Waals surface area contributed by atoms with Crippen molar-refractivity contribution in [3.8, 4) is 11.1 Å². The van der Waals surface area contributed by atoms with Crippen LogP contribution < -0.4 is 5.32 Å². The molecule has 2 fully saturated rings. The normalized spacial score (nSPS) is 19.8. The second-order valence-electron chi connectivity index (χ2n) is 13.0. The average Bonchev–Trinajstić information content (AvgIpc) is 3.66. The number of carbonyl (C=O) groups excluding carboxylic acids is 1. The fourth-order valence-electron chi connectivity index (χ4n) is 6.90. The van der Waals surface area contributed by atoms with Crippen LogP contribution in [0.1, 0.15) is 98.9 Å². The maximum absolute atomic E-state index is 12.5. The molecule has 48 heavy (non-hydrogen) atoms. The maximum Gasteiger partial charge on any atom is 0.303 e. The van der Waals surface area contributed by atoms with Crippen LogP contribution in [-0.4, -0.2) is 52.2 Å². The lowest BCUT2D eigenvalue weighted by Crippen LogP contribution is -2.43. The molecular weight excluding hydrogens is 604 g/mol. The molecule has 0 aromatic heterocycles. The first-order chi connectivity index (χ1) is 23.4. The van der Waals surface area contributed by atoms with E-state index in [2.05, 4.69) is 47.1 Å². The summed E-state index contributed by atoms with van der Waals surface area (Å²) in [6.07, 6.45) is 9.54. The van der Waals surface area contributed by atoms with Crippen LogP contribution in [0.5, 0.6) is 0 Å². The highest BCUT2D eigenvalue weighted by Gasteiger charge is 2.34. The van der Waals surface area contributed by atoms with E-state index in [1.807, 2.05) is 48.5 Å². The lowest BCUT2D eigenvalue weighted by Gasteiger charge is -2.39. The monoisotopic (exact) mass is 654 g/mol. The Morgan fingerprint density at radius 2 is 1.60 bits per heavy atom. The number of aliphatic hydroxyl groups is 1. The first-order valence-corrected chi connectivity index (χ1v) is 17.5. The first kappa shape index (κ1) is 35.5. The number of benzene rings is 3. The molecule has 256 valence electrons. The summed E-state index contributed by atoms with van der Waals surface area (Å²) >= 11 is 0. The van der Waals surface area contributed by atoms with E-state index in [1.54, 1.807) is 0 Å². The van der Waals surface area contributed by atoms with Gasteiger partial charge in [-0.15, -0.1) is 6.58 Å². The number of aliphatic hydroxyl groups excluding tert-OH is 1. The van der Waals surface area contributed by atoms with Gasteiger partial charge in [-0.1, -0.05) is 98.1 Å². The Bertz CT molecular complexity index is 1470. The van der Waals surface area contributed by atoms with E-state index in [1.165, 1.54) is 25.7 Å². The number of ether oxygens (including phenoxy) is 2. The number of nitrogens with one attached hydrogen (secondary N) is 1. The molecule has 1 heterocycles. The van der Waals surface area contributed by atoms with E-state index < -0.39 is 12.3 Å². The van der Waals surface area contributed by atoms with Crippen LogP contribution in [-0.2, 0) is 32.2 Å². The van der Waals surface area contributed by atoms with Gasteiger partial charge in [0.25, 0.3) is 0 Å². The van der Waals surface area contributed by atoms with Gasteiger partial charge < -0.3 is 25.0 Å². The third-order valence-corrected chi connectivity index (χ3v) is 9.54. The zero-order valence-corrected chi connectivity index (χ0v) is 27.9. The zero-order valence-electron chi connectivity index (χ0n) is 27.9. The second-order valence-corrected chi connectivity index (χ2v) is 13.0. The average molecular weight is 655 g/mol. The number of unbranched alkanes of at least 4 members (excludes halogenated alkanes) is 2. The molecule has 5 rings (SSSR count). The SMILES string of the molecule is C=CCN(CC1CC(c2ccc(CO)cc2)OC(c2ccc(-c3ccccc3CNC(=O)CCCCCC(=O)O)cc2)O1)C1CCCC1. The summed E-state index contributed by atoms with van der Waals surface area (Å²) in [4.78, 5) is 25.7. The molecule has 1 aliphatic heterocycles. The summed E-state index contributed by atoms with van der Waals surface area (Å²) in [5, 5.41) is 21.4. The fraction of sp³-hybridized carbons (Fsp3) is 0.450. The molecule has 1 amide bonds. The van der Waals surface area contributed by atoms with Crippen molar-refractivity contribution in [2.75, 3.05) is 13.1 Å². The van der Waals surface area contributed by atoms with Crippen LogP contribution >= 0.6 is 0 Å². The number of amides is 1. The van der Waals surface area contributed by atoms with E-state index in [-0.39, 0.29) is 31.1 Å². The number of carboxylic acids is 1. The first-order valence-electron chi connectivity index (χ1n) is 17.5. The van der Waals surface area contributed by atoms with Gasteiger partial charge in [0.1, 0.15) is 0 Å². The van der Waals surface area contributed by atoms with Crippen LogP contribution in [0.2, 0.25) is 0 Å². The van der Waals surface area contributed by atoms with E-state index >= 15 is 0 Å². The lowest BCUT2D eigenvalue weighted by atomic mass is 9.97. The van der Waals surface area contributed by atoms with E-state index in [0.717, 1.165) is 59.3 Å². The molecule has 1 saturated carbocycles. The Morgan fingerprint density at radius 3 is 2.31 bits per heavy atom. The van der Waals surface area contributed by atoms with Gasteiger partial charge in [0, 0.05) is 50.5 Å². The van der Waals surface area contributed by atoms with Gasteiger partial charge in [-0.3, -0.25) is 14.5 Å². The molecule has 3 aromatic rings. The second kappa shape index (κ2) is 18.1. The summed E-state index contributed by atoms with van der Waals surface area (Å²) in [5.74, 6) is -0.830. The summed E-state index contributed by atoms with van der Waals surface area (Å²) in [7, 11) is 0. The molecule has 1 saturated heterocycles. The molecule has 3 unspecified atom stereocenters. The minimum atomic E-state index is -0.799. The number of nitrogens with zero attached hydrogens (tertiary/aromatic N) is 1. The van der Waals surface area contributed by atoms with Gasteiger partial charge in [-0.25, -0.2) is 0 Å². The number of carbonyl (C=O) groups is 2. The van der Waals surface area contributed by atoms with E-state index in [4.69, 9.17) is 14.6 Å². The highest BCUT2D eigenvalue weighted by atomic mass is 16.7. The number of rotatable bonds is 17. The highest BCUT2D eigenvalue weighted by Crippen LogP contribution is 2.39. The lowest BCUT2D eigenvalue weighted by molar-refractivity contribution is -0.253. The van der Waals surface area contributed by atoms with Crippen LogP contribution in [0.15, 0.2) is 85.5 Å². The van der Waals surface area contributed by atoms with Gasteiger partial charge in [-0.05, 0) is 53.5 Å². The number of hydrogen-bond donors (Lipinski definition) is 3. The fourth-order valence-corrected chi connectivity index (χ4v) is 6.90. The zero-order chi connectivity index (χ0) is 33.7. The van der Waals surface area contributed by atoms with E-state index in [0.29, 0.717) is 31.8 Å². The van der Waals surface area contributed by atoms with Crippen LogP contribution in [0, 0.1) is 0 Å². The number of carboxylic acid groups (broad SMARTS) is 1. The molecule has 1 aliphatic carbocycles. The third-order valence-electron chi connectivity index (χ3n) is 9.54. The van der Waals surface area contributed by atoms with Crippen LogP contribution in [0.25, 0.3) is 11.1 Å². The van der Waals surface area contributed by atoms with Crippen molar-refractivity contribution in [1.82, 2.24) is 10.2 Å². The van der Waals surface area contributed by atoms with Gasteiger partial charge in [0.15, 0.2) is 6.29 Å². The van der Waals surface area contributed by atoms with Crippen molar-refractivity contribution in [2.24, 2.45) is 0 Å². The Labute approximate surface area is 284 Å². The van der Waals surface area contributed by atoms with Gasteiger partial charge in [0.05, 0.1) is 18.8 Å². The van der Waals surface area contributed by atoms with Crippen molar-refractivity contribution in [1.29, 1.82) is 0 Å². The summed E-state index contributed by atoms with van der Waals surface area (Å²) < 4.78 is 13.3. The Morgan fingerprint density at radius 1 is 0.896 bits per heavy atom. The Balaban J connectivity index is 1.27. The molecule has 2 aliphatic rings. The Kier molecular flexibility index (Phi) is 13.4. The topological polar surface area (TPSA) is 108 Å². The predicted octanol–water partition coefficient (Wildman–Crippen LogP) is 7.47. The van der Waals surface area contributed by atoms with E-state index in [9.17, 15) is 14.7 Å². The molecule has 0 spiro atoms. The van der Waals surface area contributed by atoms with Crippen molar-refractivity contribution >= 4 is 11.9 Å². The quantitative estimate of drug-likeness (QED) is 0.102. The third kappa shape index (κ3) is 10.1. The van der Waals surface area contributed by atoms with Gasteiger partial charge in [-0.2, -0.15) is 0 Å². The predicted molar refractivity (Wildman–Crippen MR) is 187 cm³/mol. The molecule has 3 atom stereocenters. The van der Waals surface area contributed by atoms with Gasteiger partial charge in [0.2, 0.25) is 5.91 Å². The van der Waals surface area contributed by atoms with Crippen molar-refractivity contribution < 1.29 is 29.3 Å². The maximum atomic E-state index is 12.5. The molecule has 8 heteroatoms. The molecule has 0 radical (unpaired) electrons. The standard InChI is InChI=1S/C40H50N2O6/c1-2-24-42(34-11-7-8-12-34)27-35-25-37(31-18-16-29(28-43)17-19-31)48-40(47-35)32-22-20-30(21-23-32)36-13-9-6-10-33(36)26-41-38(44)14-4-3-5-15-39(45)46/h2,6,9-10,13,16-23,34-35,37,40,43H,1,3-5,7-8,11-12,14-15,24-28H2,(H,41,44)(H,45,46). The molecule has 3 N–H and O–H groups in total.